The second-order valence-electron chi connectivity index (χ2n) is 10.9. The van der Waals surface area contributed by atoms with E-state index in [9.17, 15) is 19.1 Å². The summed E-state index contributed by atoms with van der Waals surface area (Å²) in [5.41, 5.74) is 1.90. The van der Waals surface area contributed by atoms with Crippen LogP contribution in [0.25, 0.3) is 16.5 Å². The number of rotatable bonds is 8. The Labute approximate surface area is 278 Å². The average molecular weight is 660 g/mol. The minimum atomic E-state index is -1.08. The summed E-state index contributed by atoms with van der Waals surface area (Å²) in [5.74, 6) is -1.14. The lowest BCUT2D eigenvalue weighted by atomic mass is 9.95. The van der Waals surface area contributed by atoms with Crippen molar-refractivity contribution in [1.29, 1.82) is 0 Å². The molecule has 2 heterocycles. The molecule has 1 unspecified atom stereocenters. The predicted octanol–water partition coefficient (Wildman–Crippen LogP) is 8.85. The number of halogens is 1. The summed E-state index contributed by atoms with van der Waals surface area (Å²) in [4.78, 5) is 28.6. The second kappa shape index (κ2) is 12.8. The van der Waals surface area contributed by atoms with E-state index >= 15 is 0 Å². The van der Waals surface area contributed by atoms with Gasteiger partial charge in [-0.1, -0.05) is 108 Å². The highest BCUT2D eigenvalue weighted by atomic mass is 32.2. The molecule has 47 heavy (non-hydrogen) atoms. The fourth-order valence-corrected chi connectivity index (χ4v) is 7.40. The molecule has 1 saturated heterocycles. The van der Waals surface area contributed by atoms with Gasteiger partial charge >= 0.3 is 5.91 Å². The van der Waals surface area contributed by atoms with Gasteiger partial charge in [0.25, 0.3) is 5.78 Å². The number of fused-ring (bicyclic) bond motifs is 1. The zero-order valence-electron chi connectivity index (χ0n) is 25.0. The van der Waals surface area contributed by atoms with Gasteiger partial charge in [0.15, 0.2) is 4.34 Å². The van der Waals surface area contributed by atoms with E-state index in [1.54, 1.807) is 31.2 Å². The molecule has 10 heteroatoms. The number of amides is 1. The summed E-state index contributed by atoms with van der Waals surface area (Å²) in [6.45, 7) is 1.60. The maximum absolute atomic E-state index is 14.6. The molecule has 1 amide bonds. The van der Waals surface area contributed by atoms with E-state index in [2.05, 4.69) is 34.5 Å². The van der Waals surface area contributed by atoms with Crippen LogP contribution in [0, 0.1) is 12.7 Å². The number of thioether (sulfide) groups is 1. The normalized spacial score (nSPS) is 15.8. The number of hydrogen-bond acceptors (Lipinski definition) is 8. The average Bonchev–Trinajstić information content (AvgIpc) is 3.66. The molecule has 1 aromatic heterocycles. The van der Waals surface area contributed by atoms with E-state index in [1.165, 1.54) is 40.1 Å². The van der Waals surface area contributed by atoms with E-state index in [0.717, 1.165) is 22.4 Å². The molecule has 1 N–H and O–H groups in total. The number of aryl methyl sites for hydroxylation is 1. The van der Waals surface area contributed by atoms with Gasteiger partial charge in [0.05, 0.1) is 11.6 Å². The van der Waals surface area contributed by atoms with E-state index in [0.29, 0.717) is 32.7 Å². The van der Waals surface area contributed by atoms with Gasteiger partial charge in [0, 0.05) is 11.3 Å². The molecule has 0 bridgehead atoms. The van der Waals surface area contributed by atoms with Crippen molar-refractivity contribution in [2.24, 2.45) is 0 Å². The van der Waals surface area contributed by atoms with E-state index in [4.69, 9.17) is 4.74 Å². The highest BCUT2D eigenvalue weighted by Crippen LogP contribution is 2.45. The van der Waals surface area contributed by atoms with E-state index in [-0.39, 0.29) is 16.3 Å². The number of hydrogen-bond donors (Lipinski definition) is 1. The number of anilines is 1. The number of carbonyl (C=O) groups excluding carboxylic acids is 2. The highest BCUT2D eigenvalue weighted by molar-refractivity contribution is 8.00. The van der Waals surface area contributed by atoms with Crippen LogP contribution in [0.1, 0.15) is 28.3 Å². The van der Waals surface area contributed by atoms with Crippen molar-refractivity contribution in [3.63, 3.8) is 0 Å². The van der Waals surface area contributed by atoms with Crippen molar-refractivity contribution >= 4 is 56.5 Å². The molecule has 7 nitrogen and oxygen atoms in total. The lowest BCUT2D eigenvalue weighted by Gasteiger charge is -2.23. The zero-order valence-corrected chi connectivity index (χ0v) is 26.6. The van der Waals surface area contributed by atoms with Crippen LogP contribution in [0.15, 0.2) is 125 Å². The van der Waals surface area contributed by atoms with Gasteiger partial charge in [-0.3, -0.25) is 14.5 Å². The molecule has 6 aromatic rings. The largest absolute Gasteiger partial charge is 0.507 e. The van der Waals surface area contributed by atoms with Crippen LogP contribution in [0.5, 0.6) is 11.5 Å². The Morgan fingerprint density at radius 1 is 0.894 bits per heavy atom. The topological polar surface area (TPSA) is 92.6 Å². The Hall–Kier alpha value is -5.32. The number of para-hydroxylation sites is 1. The van der Waals surface area contributed by atoms with Crippen LogP contribution in [0.2, 0.25) is 0 Å². The lowest BCUT2D eigenvalue weighted by Crippen LogP contribution is -2.29. The Bertz CT molecular complexity index is 2180. The monoisotopic (exact) mass is 659 g/mol. The van der Waals surface area contributed by atoms with Gasteiger partial charge in [-0.25, -0.2) is 4.39 Å². The molecule has 1 aliphatic rings. The molecule has 1 atom stereocenters. The first-order chi connectivity index (χ1) is 22.9. The summed E-state index contributed by atoms with van der Waals surface area (Å²) in [5, 5.41) is 22.6. The minimum absolute atomic E-state index is 0.0800. The molecular formula is C37H26FN3O4S2. The maximum atomic E-state index is 14.6. The van der Waals surface area contributed by atoms with Crippen molar-refractivity contribution in [2.45, 2.75) is 23.1 Å². The molecule has 5 aromatic carbocycles. The van der Waals surface area contributed by atoms with Crippen LogP contribution >= 0.6 is 23.1 Å². The smallest absolute Gasteiger partial charge is 0.301 e. The van der Waals surface area contributed by atoms with Crippen LogP contribution < -0.4 is 9.64 Å². The Balaban J connectivity index is 1.27. The van der Waals surface area contributed by atoms with Crippen LogP contribution in [0.4, 0.5) is 9.52 Å². The Kier molecular flexibility index (Phi) is 8.28. The Morgan fingerprint density at radius 3 is 2.47 bits per heavy atom. The van der Waals surface area contributed by atoms with Crippen LogP contribution in [-0.2, 0) is 15.3 Å². The van der Waals surface area contributed by atoms with Gasteiger partial charge < -0.3 is 9.84 Å². The van der Waals surface area contributed by atoms with Crippen molar-refractivity contribution in [1.82, 2.24) is 10.2 Å². The molecule has 1 fully saturated rings. The zero-order chi connectivity index (χ0) is 32.5. The van der Waals surface area contributed by atoms with Gasteiger partial charge in [-0.15, -0.1) is 10.2 Å². The Morgan fingerprint density at radius 2 is 1.64 bits per heavy atom. The standard InChI is InChI=1S/C37H26FN3O4S2/c1-22-17-18-25(20-30(22)38)33(42)31-32(24-11-8-15-28(19-24)45-27-13-3-2-4-14-27)41(35(44)34(31)43)36-39-40-37(47-36)46-21-26-12-7-10-23-9-5-6-16-29(23)26/h2-20,32,42H,21H2,1H3/b33-31+. The molecule has 0 radical (unpaired) electrons. The third-order valence-electron chi connectivity index (χ3n) is 7.88. The molecule has 7 rings (SSSR count). The summed E-state index contributed by atoms with van der Waals surface area (Å²) in [6.07, 6.45) is 0. The first-order valence-electron chi connectivity index (χ1n) is 14.7. The van der Waals surface area contributed by atoms with Crippen molar-refractivity contribution in [2.75, 3.05) is 4.90 Å². The highest BCUT2D eigenvalue weighted by Gasteiger charge is 2.48. The SMILES string of the molecule is Cc1ccc(/C(O)=C2\C(=O)C(=O)N(c3nnc(SCc4cccc5ccccc45)s3)C2c2cccc(Oc3ccccc3)c2)cc1F. The van der Waals surface area contributed by atoms with E-state index < -0.39 is 29.3 Å². The number of aliphatic hydroxyl groups is 1. The van der Waals surface area contributed by atoms with E-state index in [1.807, 2.05) is 48.5 Å². The number of nitrogens with zero attached hydrogens (tertiary/aromatic N) is 3. The predicted molar refractivity (Wildman–Crippen MR) is 182 cm³/mol. The van der Waals surface area contributed by atoms with Gasteiger partial charge in [0.1, 0.15) is 23.1 Å². The minimum Gasteiger partial charge on any atom is -0.507 e. The summed E-state index contributed by atoms with van der Waals surface area (Å²) in [6, 6.07) is 33.5. The van der Waals surface area contributed by atoms with Crippen molar-refractivity contribution < 1.29 is 23.8 Å². The summed E-state index contributed by atoms with van der Waals surface area (Å²) >= 11 is 2.65. The first-order valence-corrected chi connectivity index (χ1v) is 16.5. The van der Waals surface area contributed by atoms with Crippen molar-refractivity contribution in [3.05, 3.63) is 149 Å². The molecule has 0 aliphatic carbocycles. The maximum Gasteiger partial charge on any atom is 0.301 e. The number of aliphatic hydroxyl groups excluding tert-OH is 1. The van der Waals surface area contributed by atoms with Crippen LogP contribution in [-0.4, -0.2) is 27.0 Å². The van der Waals surface area contributed by atoms with Crippen LogP contribution in [0.3, 0.4) is 0 Å². The van der Waals surface area contributed by atoms with Gasteiger partial charge in [-0.2, -0.15) is 0 Å². The third kappa shape index (κ3) is 6.00. The second-order valence-corrected chi connectivity index (χ2v) is 13.1. The number of Topliss-reactive ketones (excluding diaryl/α,β-unsaturated/α-hetero) is 1. The summed E-state index contributed by atoms with van der Waals surface area (Å²) < 4.78 is 21.2. The lowest BCUT2D eigenvalue weighted by molar-refractivity contribution is -0.132. The number of aromatic nitrogens is 2. The molecule has 232 valence electrons. The van der Waals surface area contributed by atoms with Gasteiger partial charge in [-0.05, 0) is 64.7 Å². The number of carbonyl (C=O) groups is 2. The molecule has 0 spiro atoms. The third-order valence-corrected chi connectivity index (χ3v) is 9.98. The molecule has 0 saturated carbocycles. The molecule has 1 aliphatic heterocycles. The fourth-order valence-electron chi connectivity index (χ4n) is 5.53. The fraction of sp³-hybridized carbons (Fsp3) is 0.0811. The number of ketones is 1. The number of ether oxygens (including phenoxy) is 1. The van der Waals surface area contributed by atoms with Crippen molar-refractivity contribution in [3.8, 4) is 11.5 Å². The van der Waals surface area contributed by atoms with Gasteiger partial charge in [0.2, 0.25) is 5.13 Å². The first kappa shape index (κ1) is 30.3. The molecular weight excluding hydrogens is 634 g/mol. The quantitative estimate of drug-likeness (QED) is 0.0574. The number of benzene rings is 5. The summed E-state index contributed by atoms with van der Waals surface area (Å²) in [7, 11) is 0.